The van der Waals surface area contributed by atoms with Gasteiger partial charge in [-0.15, -0.1) is 0 Å². The van der Waals surface area contributed by atoms with E-state index in [-0.39, 0.29) is 24.3 Å². The molecule has 0 atom stereocenters. The summed E-state index contributed by atoms with van der Waals surface area (Å²) < 4.78 is 43.0. The number of rotatable bonds is 7. The van der Waals surface area contributed by atoms with Crippen LogP contribution in [0.5, 0.6) is 0 Å². The fourth-order valence-corrected chi connectivity index (χ4v) is 2.74. The summed E-state index contributed by atoms with van der Waals surface area (Å²) in [4.78, 5) is 17.3. The minimum atomic E-state index is -1.44. The van der Waals surface area contributed by atoms with Crippen molar-refractivity contribution in [3.8, 4) is 0 Å². The summed E-state index contributed by atoms with van der Waals surface area (Å²) in [6.07, 6.45) is 0.213. The molecule has 2 rings (SSSR count). The molecule has 28 heavy (non-hydrogen) atoms. The van der Waals surface area contributed by atoms with Gasteiger partial charge in [0.15, 0.2) is 11.6 Å². The second-order valence-electron chi connectivity index (χ2n) is 6.50. The average Bonchev–Trinajstić information content (AvgIpc) is 2.59. The highest BCUT2D eigenvalue weighted by molar-refractivity contribution is 14.1. The average molecular weight is 529 g/mol. The molecule has 5 nitrogen and oxygen atoms in total. The van der Waals surface area contributed by atoms with Gasteiger partial charge < -0.3 is 10.4 Å². The zero-order chi connectivity index (χ0) is 21.1. The molecule has 0 radical (unpaired) electrons. The van der Waals surface area contributed by atoms with E-state index in [4.69, 9.17) is 16.4 Å². The van der Waals surface area contributed by atoms with E-state index in [1.807, 2.05) is 22.6 Å². The number of benzene rings is 2. The van der Waals surface area contributed by atoms with Crippen molar-refractivity contribution in [2.24, 2.45) is 0 Å². The predicted octanol–water partition coefficient (Wildman–Crippen LogP) is 4.93. The van der Waals surface area contributed by atoms with Gasteiger partial charge in [0.2, 0.25) is 0 Å². The first-order valence-electron chi connectivity index (χ1n) is 8.03. The molecule has 0 aromatic heterocycles. The summed E-state index contributed by atoms with van der Waals surface area (Å²) in [6, 6.07) is 4.97. The van der Waals surface area contributed by atoms with E-state index in [9.17, 15) is 23.1 Å². The molecule has 0 aliphatic heterocycles. The Morgan fingerprint density at radius 1 is 1.25 bits per heavy atom. The van der Waals surface area contributed by atoms with Crippen LogP contribution in [-0.4, -0.2) is 23.2 Å². The Morgan fingerprint density at radius 3 is 2.54 bits per heavy atom. The Kier molecular flexibility index (Phi) is 7.54. The second kappa shape index (κ2) is 9.29. The van der Waals surface area contributed by atoms with E-state index >= 15 is 0 Å². The highest BCUT2D eigenvalue weighted by atomic mass is 127. The Balaban J connectivity index is 2.29. The molecule has 0 unspecified atom stereocenters. The minimum Gasteiger partial charge on any atom is -0.390 e. The van der Waals surface area contributed by atoms with Crippen LogP contribution in [0, 0.1) is 21.0 Å². The van der Waals surface area contributed by atoms with Crippen molar-refractivity contribution in [1.29, 1.82) is 0 Å². The molecule has 0 aliphatic carbocycles. The molecule has 2 aromatic carbocycles. The first-order valence-corrected chi connectivity index (χ1v) is 9.49. The van der Waals surface area contributed by atoms with Gasteiger partial charge in [-0.05, 0) is 60.7 Å². The minimum absolute atomic E-state index is 0.0266. The van der Waals surface area contributed by atoms with Crippen LogP contribution in [0.25, 0.3) is 0 Å². The number of anilines is 2. The van der Waals surface area contributed by atoms with Crippen molar-refractivity contribution in [2.75, 3.05) is 11.9 Å². The van der Waals surface area contributed by atoms with Gasteiger partial charge in [0.25, 0.3) is 5.91 Å². The van der Waals surface area contributed by atoms with E-state index in [2.05, 4.69) is 10.8 Å². The lowest BCUT2D eigenvalue weighted by Crippen LogP contribution is -2.28. The summed E-state index contributed by atoms with van der Waals surface area (Å²) in [7, 11) is 0. The standard InChI is InChI=1S/C18H17ClF3IN2O3/c1-18(2,27)5-6-28-25-17(26)10-8-11(19)14(21)15(22)16(10)24-13-4-3-9(23)7-12(13)20/h3-4,7-8,24,27H,5-6H2,1-2H3,(H,25,26). The quantitative estimate of drug-likeness (QED) is 0.206. The highest BCUT2D eigenvalue weighted by Gasteiger charge is 2.23. The second-order valence-corrected chi connectivity index (χ2v) is 8.15. The van der Waals surface area contributed by atoms with Crippen molar-refractivity contribution in [3.05, 3.63) is 55.9 Å². The van der Waals surface area contributed by atoms with Crippen LogP contribution in [0.15, 0.2) is 24.3 Å². The molecular formula is C18H17ClF3IN2O3. The van der Waals surface area contributed by atoms with Gasteiger partial charge in [-0.3, -0.25) is 9.63 Å². The molecule has 2 aromatic rings. The lowest BCUT2D eigenvalue weighted by molar-refractivity contribution is -0.00570. The zero-order valence-corrected chi connectivity index (χ0v) is 17.8. The maximum Gasteiger partial charge on any atom is 0.277 e. The van der Waals surface area contributed by atoms with Crippen LogP contribution in [0.2, 0.25) is 5.02 Å². The molecular weight excluding hydrogens is 512 g/mol. The van der Waals surface area contributed by atoms with Gasteiger partial charge in [0, 0.05) is 9.99 Å². The number of hydroxylamine groups is 1. The number of carbonyl (C=O) groups excluding carboxylic acids is 1. The smallest absolute Gasteiger partial charge is 0.277 e. The molecule has 3 N–H and O–H groups in total. The first-order chi connectivity index (χ1) is 13.0. The van der Waals surface area contributed by atoms with Crippen LogP contribution < -0.4 is 10.8 Å². The zero-order valence-electron chi connectivity index (χ0n) is 14.9. The Morgan fingerprint density at radius 2 is 1.93 bits per heavy atom. The molecule has 1 amide bonds. The van der Waals surface area contributed by atoms with Gasteiger partial charge in [-0.2, -0.15) is 0 Å². The maximum atomic E-state index is 14.4. The monoisotopic (exact) mass is 528 g/mol. The van der Waals surface area contributed by atoms with Gasteiger partial charge in [-0.25, -0.2) is 18.7 Å². The van der Waals surface area contributed by atoms with Crippen LogP contribution in [0.1, 0.15) is 30.6 Å². The fourth-order valence-electron chi connectivity index (χ4n) is 2.09. The SMILES string of the molecule is CC(C)(O)CCONC(=O)c1cc(Cl)c(F)c(F)c1Nc1ccc(I)cc1F. The maximum absolute atomic E-state index is 14.4. The third-order valence-corrected chi connectivity index (χ3v) is 4.52. The van der Waals surface area contributed by atoms with Gasteiger partial charge >= 0.3 is 0 Å². The number of aliphatic hydroxyl groups is 1. The molecule has 0 saturated carbocycles. The van der Waals surface area contributed by atoms with Crippen LogP contribution >= 0.6 is 34.2 Å². The topological polar surface area (TPSA) is 70.6 Å². The number of hydrogen-bond donors (Lipinski definition) is 3. The number of nitrogens with one attached hydrogen (secondary N) is 2. The molecule has 0 heterocycles. The van der Waals surface area contributed by atoms with Crippen LogP contribution in [-0.2, 0) is 4.84 Å². The van der Waals surface area contributed by atoms with Crippen LogP contribution in [0.4, 0.5) is 24.5 Å². The summed E-state index contributed by atoms with van der Waals surface area (Å²) in [6.45, 7) is 3.09. The fraction of sp³-hybridized carbons (Fsp3) is 0.278. The van der Waals surface area contributed by atoms with E-state index in [1.54, 1.807) is 19.9 Å². The van der Waals surface area contributed by atoms with Crippen LogP contribution in [0.3, 0.4) is 0 Å². The van der Waals surface area contributed by atoms with Crippen molar-refractivity contribution in [1.82, 2.24) is 5.48 Å². The van der Waals surface area contributed by atoms with E-state index in [1.165, 1.54) is 12.1 Å². The molecule has 0 bridgehead atoms. The van der Waals surface area contributed by atoms with Crippen molar-refractivity contribution in [2.45, 2.75) is 25.9 Å². The van der Waals surface area contributed by atoms with Gasteiger partial charge in [0.05, 0.1) is 34.2 Å². The third-order valence-electron chi connectivity index (χ3n) is 3.58. The van der Waals surface area contributed by atoms with Gasteiger partial charge in [0.1, 0.15) is 5.82 Å². The third kappa shape index (κ3) is 5.97. The lowest BCUT2D eigenvalue weighted by Gasteiger charge is -2.17. The molecule has 0 fully saturated rings. The van der Waals surface area contributed by atoms with E-state index in [0.29, 0.717) is 3.57 Å². The Labute approximate surface area is 178 Å². The van der Waals surface area contributed by atoms with Gasteiger partial charge in [-0.1, -0.05) is 11.6 Å². The molecule has 152 valence electrons. The van der Waals surface area contributed by atoms with Crippen molar-refractivity contribution >= 4 is 51.5 Å². The Hall–Kier alpha value is -1.56. The largest absolute Gasteiger partial charge is 0.390 e. The Bertz CT molecular complexity index is 891. The number of carbonyl (C=O) groups is 1. The summed E-state index contributed by atoms with van der Waals surface area (Å²) >= 11 is 7.53. The molecule has 10 heteroatoms. The first kappa shape index (κ1) is 22.7. The number of amides is 1. The van der Waals surface area contributed by atoms with Crippen molar-refractivity contribution in [3.63, 3.8) is 0 Å². The molecule has 0 saturated heterocycles. The predicted molar refractivity (Wildman–Crippen MR) is 108 cm³/mol. The summed E-state index contributed by atoms with van der Waals surface area (Å²) in [5.74, 6) is -4.46. The lowest BCUT2D eigenvalue weighted by atomic mass is 10.1. The highest BCUT2D eigenvalue weighted by Crippen LogP contribution is 2.32. The normalized spacial score (nSPS) is 11.4. The van der Waals surface area contributed by atoms with E-state index in [0.717, 1.165) is 6.07 Å². The summed E-state index contributed by atoms with van der Waals surface area (Å²) in [5.41, 5.74) is -0.0770. The molecule has 0 spiro atoms. The molecule has 0 aliphatic rings. The summed E-state index contributed by atoms with van der Waals surface area (Å²) in [5, 5.41) is 11.4. The van der Waals surface area contributed by atoms with E-state index < -0.39 is 39.7 Å². The number of hydrogen-bond acceptors (Lipinski definition) is 4. The van der Waals surface area contributed by atoms with Crippen molar-refractivity contribution < 1.29 is 27.9 Å². The number of halogens is 5.